The highest BCUT2D eigenvalue weighted by Crippen LogP contribution is 2.26. The Morgan fingerprint density at radius 2 is 2.00 bits per heavy atom. The fourth-order valence-electron chi connectivity index (χ4n) is 3.54. The van der Waals surface area contributed by atoms with Crippen LogP contribution in [0.5, 0.6) is 0 Å². The molecule has 0 radical (unpaired) electrons. The number of nitrogens with zero attached hydrogens (tertiary/aromatic N) is 4. The van der Waals surface area contributed by atoms with Crippen LogP contribution >= 0.6 is 0 Å². The summed E-state index contributed by atoms with van der Waals surface area (Å²) in [4.78, 5) is 14.5. The maximum atomic E-state index is 13.1. The number of likely N-dealkylation sites (tertiary alicyclic amines) is 1. The zero-order valence-electron chi connectivity index (χ0n) is 15.7. The number of aromatic amines is 1. The smallest absolute Gasteiger partial charge is 0.317 e. The van der Waals surface area contributed by atoms with Crippen molar-refractivity contribution < 1.29 is 9.18 Å². The molecular weight excluding hydrogens is 359 g/mol. The summed E-state index contributed by atoms with van der Waals surface area (Å²) in [6.07, 6.45) is 7.18. The maximum absolute atomic E-state index is 13.1. The van der Waals surface area contributed by atoms with Gasteiger partial charge >= 0.3 is 6.03 Å². The van der Waals surface area contributed by atoms with Crippen molar-refractivity contribution in [3.8, 4) is 5.69 Å². The molecule has 28 heavy (non-hydrogen) atoms. The van der Waals surface area contributed by atoms with E-state index in [-0.39, 0.29) is 17.9 Å². The maximum Gasteiger partial charge on any atom is 0.317 e. The number of rotatable bonds is 4. The number of benzene rings is 1. The molecule has 1 atom stereocenters. The van der Waals surface area contributed by atoms with Crippen molar-refractivity contribution in [3.05, 3.63) is 66.0 Å². The van der Waals surface area contributed by atoms with Crippen molar-refractivity contribution >= 4 is 6.03 Å². The first-order valence-corrected chi connectivity index (χ1v) is 9.45. The van der Waals surface area contributed by atoms with Crippen molar-refractivity contribution in [2.24, 2.45) is 0 Å². The first-order valence-electron chi connectivity index (χ1n) is 9.45. The van der Waals surface area contributed by atoms with E-state index in [0.717, 1.165) is 42.9 Å². The summed E-state index contributed by atoms with van der Waals surface area (Å²) in [5.74, 6) is 0.144. The standard InChI is InChI=1S/C20H23FN6O/c1-14(16-12-23-27(13-16)18-4-2-17(21)3-5-18)24-20(28)26-10-7-15(8-11-26)19-6-9-22-25-19/h2-6,9,12-15H,7-8,10-11H2,1H3,(H,22,25)(H,24,28)/t14-/m0/s1. The molecule has 0 bridgehead atoms. The molecule has 2 N–H and O–H groups in total. The van der Waals surface area contributed by atoms with Gasteiger partial charge in [-0.25, -0.2) is 13.9 Å². The first-order chi connectivity index (χ1) is 13.6. The molecule has 1 aliphatic heterocycles. The topological polar surface area (TPSA) is 78.8 Å². The summed E-state index contributed by atoms with van der Waals surface area (Å²) in [7, 11) is 0. The van der Waals surface area contributed by atoms with E-state index in [4.69, 9.17) is 0 Å². The SMILES string of the molecule is C[C@H](NC(=O)N1CCC(c2ccn[nH]2)CC1)c1cnn(-c2ccc(F)cc2)c1. The molecule has 3 heterocycles. The minimum atomic E-state index is -0.284. The molecule has 1 aromatic carbocycles. The summed E-state index contributed by atoms with van der Waals surface area (Å²) in [6.45, 7) is 3.37. The molecule has 146 valence electrons. The fraction of sp³-hybridized carbons (Fsp3) is 0.350. The Labute approximate surface area is 162 Å². The molecule has 0 unspecified atom stereocenters. The minimum absolute atomic E-state index is 0.0647. The van der Waals surface area contributed by atoms with Gasteiger partial charge in [0.1, 0.15) is 5.82 Å². The van der Waals surface area contributed by atoms with Gasteiger partial charge in [-0.3, -0.25) is 5.10 Å². The number of hydrogen-bond donors (Lipinski definition) is 2. The molecule has 7 nitrogen and oxygen atoms in total. The quantitative estimate of drug-likeness (QED) is 0.726. The summed E-state index contributed by atoms with van der Waals surface area (Å²) in [5, 5.41) is 14.4. The third kappa shape index (κ3) is 3.90. The van der Waals surface area contributed by atoms with E-state index in [0.29, 0.717) is 5.92 Å². The lowest BCUT2D eigenvalue weighted by atomic mass is 9.94. The van der Waals surface area contributed by atoms with Crippen LogP contribution in [0.25, 0.3) is 5.69 Å². The minimum Gasteiger partial charge on any atom is -0.331 e. The Balaban J connectivity index is 1.33. The van der Waals surface area contributed by atoms with E-state index in [2.05, 4.69) is 20.6 Å². The van der Waals surface area contributed by atoms with Crippen LogP contribution in [0.1, 0.15) is 43.0 Å². The number of amides is 2. The van der Waals surface area contributed by atoms with Crippen molar-refractivity contribution in [2.75, 3.05) is 13.1 Å². The zero-order chi connectivity index (χ0) is 19.5. The molecule has 4 rings (SSSR count). The number of nitrogens with one attached hydrogen (secondary N) is 2. The third-order valence-corrected chi connectivity index (χ3v) is 5.28. The van der Waals surface area contributed by atoms with Crippen LogP contribution in [-0.4, -0.2) is 44.0 Å². The number of urea groups is 1. The number of H-pyrrole nitrogens is 1. The number of aromatic nitrogens is 4. The van der Waals surface area contributed by atoms with Gasteiger partial charge in [-0.1, -0.05) is 0 Å². The van der Waals surface area contributed by atoms with E-state index in [9.17, 15) is 9.18 Å². The molecule has 0 spiro atoms. The Morgan fingerprint density at radius 3 is 2.68 bits per heavy atom. The molecule has 0 aliphatic carbocycles. The van der Waals surface area contributed by atoms with Crippen molar-refractivity contribution in [3.63, 3.8) is 0 Å². The average molecular weight is 382 g/mol. The van der Waals surface area contributed by atoms with Gasteiger partial charge in [0.15, 0.2) is 0 Å². The lowest BCUT2D eigenvalue weighted by Gasteiger charge is -2.32. The fourth-order valence-corrected chi connectivity index (χ4v) is 3.54. The molecule has 3 aromatic rings. The van der Waals surface area contributed by atoms with Crippen LogP contribution < -0.4 is 5.32 Å². The summed E-state index contributed by atoms with van der Waals surface area (Å²) >= 11 is 0. The van der Waals surface area contributed by atoms with E-state index >= 15 is 0 Å². The van der Waals surface area contributed by atoms with Crippen LogP contribution in [0, 0.1) is 5.82 Å². The summed E-state index contributed by atoms with van der Waals surface area (Å²) in [6, 6.07) is 7.89. The van der Waals surface area contributed by atoms with Gasteiger partial charge < -0.3 is 10.2 Å². The van der Waals surface area contributed by atoms with E-state index in [1.807, 2.05) is 24.1 Å². The van der Waals surface area contributed by atoms with Crippen LogP contribution in [0.2, 0.25) is 0 Å². The van der Waals surface area contributed by atoms with Crippen LogP contribution in [0.3, 0.4) is 0 Å². The number of hydrogen-bond acceptors (Lipinski definition) is 3. The van der Waals surface area contributed by atoms with Gasteiger partial charge in [-0.15, -0.1) is 0 Å². The van der Waals surface area contributed by atoms with Crippen molar-refractivity contribution in [2.45, 2.75) is 31.7 Å². The number of carbonyl (C=O) groups is 1. The summed E-state index contributed by atoms with van der Waals surface area (Å²) < 4.78 is 14.7. The Kier molecular flexibility index (Phi) is 5.10. The second-order valence-corrected chi connectivity index (χ2v) is 7.14. The Morgan fingerprint density at radius 1 is 1.25 bits per heavy atom. The molecule has 0 saturated carbocycles. The molecule has 1 fully saturated rings. The second kappa shape index (κ2) is 7.84. The lowest BCUT2D eigenvalue weighted by molar-refractivity contribution is 0.178. The highest BCUT2D eigenvalue weighted by molar-refractivity contribution is 5.74. The van der Waals surface area contributed by atoms with Gasteiger partial charge in [-0.2, -0.15) is 10.2 Å². The number of halogens is 1. The second-order valence-electron chi connectivity index (χ2n) is 7.14. The molecule has 2 amide bonds. The predicted octanol–water partition coefficient (Wildman–Crippen LogP) is 3.38. The monoisotopic (exact) mass is 382 g/mol. The highest BCUT2D eigenvalue weighted by Gasteiger charge is 2.25. The molecule has 1 aliphatic rings. The van der Waals surface area contributed by atoms with Gasteiger partial charge in [0.2, 0.25) is 0 Å². The van der Waals surface area contributed by atoms with E-state index in [1.165, 1.54) is 12.1 Å². The highest BCUT2D eigenvalue weighted by atomic mass is 19.1. The van der Waals surface area contributed by atoms with Crippen molar-refractivity contribution in [1.82, 2.24) is 30.2 Å². The van der Waals surface area contributed by atoms with Crippen LogP contribution in [-0.2, 0) is 0 Å². The number of carbonyl (C=O) groups excluding carboxylic acids is 1. The molecule has 8 heteroatoms. The van der Waals surface area contributed by atoms with E-state index < -0.39 is 0 Å². The van der Waals surface area contributed by atoms with Crippen LogP contribution in [0.15, 0.2) is 48.9 Å². The molecule has 1 saturated heterocycles. The predicted molar refractivity (Wildman–Crippen MR) is 103 cm³/mol. The molecule has 2 aromatic heterocycles. The van der Waals surface area contributed by atoms with Gasteiger partial charge in [0.25, 0.3) is 0 Å². The van der Waals surface area contributed by atoms with Gasteiger partial charge in [0, 0.05) is 42.7 Å². The molecular formula is C20H23FN6O. The largest absolute Gasteiger partial charge is 0.331 e. The average Bonchev–Trinajstić information content (AvgIpc) is 3.41. The summed E-state index contributed by atoms with van der Waals surface area (Å²) in [5.41, 5.74) is 2.80. The lowest BCUT2D eigenvalue weighted by Crippen LogP contribution is -2.44. The van der Waals surface area contributed by atoms with Gasteiger partial charge in [-0.05, 0) is 50.1 Å². The van der Waals surface area contributed by atoms with Crippen molar-refractivity contribution in [1.29, 1.82) is 0 Å². The van der Waals surface area contributed by atoms with Gasteiger partial charge in [0.05, 0.1) is 17.9 Å². The third-order valence-electron chi connectivity index (χ3n) is 5.28. The first kappa shape index (κ1) is 18.2. The zero-order valence-corrected chi connectivity index (χ0v) is 15.7. The van der Waals surface area contributed by atoms with Crippen LogP contribution in [0.4, 0.5) is 9.18 Å². The van der Waals surface area contributed by atoms with E-state index in [1.54, 1.807) is 29.2 Å². The number of piperidine rings is 1. The normalized spacial score (nSPS) is 16.1. The Hall–Kier alpha value is -3.16. The Bertz CT molecular complexity index is 913.